The number of carbonyl (C=O) groups is 1. The summed E-state index contributed by atoms with van der Waals surface area (Å²) in [5.41, 5.74) is 4.24. The molecule has 1 aromatic carbocycles. The van der Waals surface area contributed by atoms with Crippen molar-refractivity contribution in [2.75, 3.05) is 17.2 Å². The Morgan fingerprint density at radius 2 is 2.00 bits per heavy atom. The second-order valence-electron chi connectivity index (χ2n) is 7.65. The van der Waals surface area contributed by atoms with E-state index in [-0.39, 0.29) is 17.5 Å². The first-order chi connectivity index (χ1) is 13.2. The molecular formula is C21H23N3O2S. The molecule has 1 aromatic heterocycles. The van der Waals surface area contributed by atoms with Gasteiger partial charge in [0.15, 0.2) is 5.16 Å². The molecule has 0 spiro atoms. The van der Waals surface area contributed by atoms with Gasteiger partial charge in [-0.1, -0.05) is 30.0 Å². The van der Waals surface area contributed by atoms with Crippen LogP contribution >= 0.6 is 11.8 Å². The number of aromatic nitrogens is 2. The van der Waals surface area contributed by atoms with Gasteiger partial charge in [0.1, 0.15) is 0 Å². The molecule has 140 valence electrons. The first-order valence-corrected chi connectivity index (χ1v) is 10.9. The van der Waals surface area contributed by atoms with Crippen molar-refractivity contribution in [3.8, 4) is 0 Å². The molecule has 0 fully saturated rings. The average molecular weight is 382 g/mol. The molecule has 1 atom stereocenters. The van der Waals surface area contributed by atoms with E-state index in [0.29, 0.717) is 6.42 Å². The van der Waals surface area contributed by atoms with Crippen LogP contribution in [0.1, 0.15) is 48.5 Å². The zero-order valence-corrected chi connectivity index (χ0v) is 16.1. The van der Waals surface area contributed by atoms with E-state index in [1.165, 1.54) is 5.56 Å². The summed E-state index contributed by atoms with van der Waals surface area (Å²) in [5, 5.41) is 0.803. The lowest BCUT2D eigenvalue weighted by Crippen LogP contribution is -2.38. The van der Waals surface area contributed by atoms with Crippen LogP contribution in [-0.4, -0.2) is 27.8 Å². The highest BCUT2D eigenvalue weighted by molar-refractivity contribution is 7.99. The van der Waals surface area contributed by atoms with Crippen LogP contribution in [0.3, 0.4) is 0 Å². The molecule has 2 aliphatic heterocycles. The number of fused-ring (bicyclic) bond motifs is 3. The van der Waals surface area contributed by atoms with Gasteiger partial charge < -0.3 is 4.90 Å². The average Bonchev–Trinajstić information content (AvgIpc) is 3.10. The number of carbonyl (C=O) groups excluding carboxylic acids is 1. The van der Waals surface area contributed by atoms with Crippen molar-refractivity contribution < 1.29 is 4.79 Å². The predicted molar refractivity (Wildman–Crippen MR) is 107 cm³/mol. The third-order valence-corrected chi connectivity index (χ3v) is 7.04. The maximum Gasteiger partial charge on any atom is 0.257 e. The van der Waals surface area contributed by atoms with Crippen LogP contribution in [0.2, 0.25) is 0 Å². The third kappa shape index (κ3) is 2.90. The fourth-order valence-corrected chi connectivity index (χ4v) is 5.72. The molecule has 3 heterocycles. The van der Waals surface area contributed by atoms with E-state index in [4.69, 9.17) is 4.98 Å². The standard InChI is InChI=1S/C21H23N3O2S/c25-19(23-11-5-7-14-6-1-4-10-18(14)23)12-15-13-27-21-22-17-9-3-2-8-16(17)20(26)24(15)21/h1,4,6,10,15H,2-3,5,7-9,11-13H2. The van der Waals surface area contributed by atoms with Crippen molar-refractivity contribution in [3.05, 3.63) is 51.4 Å². The number of thioether (sulfide) groups is 1. The second-order valence-corrected chi connectivity index (χ2v) is 8.64. The first kappa shape index (κ1) is 17.0. The van der Waals surface area contributed by atoms with Crippen LogP contribution in [-0.2, 0) is 24.1 Å². The molecule has 0 N–H and O–H groups in total. The molecular weight excluding hydrogens is 358 g/mol. The highest BCUT2D eigenvalue weighted by Crippen LogP contribution is 2.35. The number of anilines is 1. The van der Waals surface area contributed by atoms with Gasteiger partial charge in [0.25, 0.3) is 5.56 Å². The van der Waals surface area contributed by atoms with Gasteiger partial charge in [-0.2, -0.15) is 0 Å². The van der Waals surface area contributed by atoms with E-state index >= 15 is 0 Å². The summed E-state index contributed by atoms with van der Waals surface area (Å²) in [7, 11) is 0. The van der Waals surface area contributed by atoms with E-state index in [0.717, 1.165) is 72.9 Å². The summed E-state index contributed by atoms with van der Waals surface area (Å²) in [6.45, 7) is 0.764. The minimum atomic E-state index is -0.0844. The zero-order valence-electron chi connectivity index (χ0n) is 15.3. The van der Waals surface area contributed by atoms with Gasteiger partial charge in [0.05, 0.1) is 11.7 Å². The maximum absolute atomic E-state index is 13.1. The molecule has 2 aromatic rings. The fraction of sp³-hybridized carbons (Fsp3) is 0.476. The normalized spacial score (nSPS) is 20.7. The Morgan fingerprint density at radius 3 is 2.93 bits per heavy atom. The molecule has 0 bridgehead atoms. The largest absolute Gasteiger partial charge is 0.312 e. The molecule has 5 rings (SSSR count). The van der Waals surface area contributed by atoms with Gasteiger partial charge in [-0.25, -0.2) is 4.98 Å². The van der Waals surface area contributed by atoms with E-state index in [1.807, 2.05) is 27.7 Å². The number of para-hydroxylation sites is 1. The van der Waals surface area contributed by atoms with Gasteiger partial charge in [-0.3, -0.25) is 14.2 Å². The molecule has 5 nitrogen and oxygen atoms in total. The molecule has 1 unspecified atom stereocenters. The minimum absolute atomic E-state index is 0.0844. The van der Waals surface area contributed by atoms with Crippen molar-refractivity contribution in [1.29, 1.82) is 0 Å². The number of benzene rings is 1. The lowest BCUT2D eigenvalue weighted by Gasteiger charge is -2.30. The van der Waals surface area contributed by atoms with Crippen molar-refractivity contribution >= 4 is 23.4 Å². The summed E-state index contributed by atoms with van der Waals surface area (Å²) < 4.78 is 1.81. The first-order valence-electron chi connectivity index (χ1n) is 9.88. The van der Waals surface area contributed by atoms with Crippen LogP contribution < -0.4 is 10.5 Å². The molecule has 0 radical (unpaired) electrons. The molecule has 1 aliphatic carbocycles. The number of aryl methyl sites for hydroxylation is 2. The van der Waals surface area contributed by atoms with Gasteiger partial charge in [-0.15, -0.1) is 0 Å². The molecule has 6 heteroatoms. The number of hydrogen-bond acceptors (Lipinski definition) is 4. The fourth-order valence-electron chi connectivity index (χ4n) is 4.57. The van der Waals surface area contributed by atoms with Crippen LogP contribution in [0.4, 0.5) is 5.69 Å². The van der Waals surface area contributed by atoms with Crippen LogP contribution in [0.5, 0.6) is 0 Å². The number of nitrogens with zero attached hydrogens (tertiary/aromatic N) is 3. The minimum Gasteiger partial charge on any atom is -0.312 e. The second kappa shape index (κ2) is 6.82. The Labute approximate surface area is 162 Å². The highest BCUT2D eigenvalue weighted by Gasteiger charge is 2.32. The Morgan fingerprint density at radius 1 is 1.15 bits per heavy atom. The Hall–Kier alpha value is -2.08. The highest BCUT2D eigenvalue weighted by atomic mass is 32.2. The molecule has 3 aliphatic rings. The third-order valence-electron chi connectivity index (χ3n) is 5.94. The smallest absolute Gasteiger partial charge is 0.257 e. The van der Waals surface area contributed by atoms with Gasteiger partial charge in [-0.05, 0) is 50.2 Å². The van der Waals surface area contributed by atoms with E-state index in [9.17, 15) is 9.59 Å². The lowest BCUT2D eigenvalue weighted by molar-refractivity contribution is -0.119. The van der Waals surface area contributed by atoms with E-state index < -0.39 is 0 Å². The van der Waals surface area contributed by atoms with Crippen molar-refractivity contribution in [3.63, 3.8) is 0 Å². The monoisotopic (exact) mass is 381 g/mol. The summed E-state index contributed by atoms with van der Waals surface area (Å²) in [4.78, 5) is 32.8. The van der Waals surface area contributed by atoms with Crippen LogP contribution in [0.25, 0.3) is 0 Å². The van der Waals surface area contributed by atoms with Crippen molar-refractivity contribution in [2.45, 2.75) is 56.1 Å². The van der Waals surface area contributed by atoms with Gasteiger partial charge in [0.2, 0.25) is 5.91 Å². The Bertz CT molecular complexity index is 968. The number of rotatable bonds is 2. The topological polar surface area (TPSA) is 55.2 Å². The Balaban J connectivity index is 1.43. The van der Waals surface area contributed by atoms with Crippen molar-refractivity contribution in [2.24, 2.45) is 0 Å². The molecule has 27 heavy (non-hydrogen) atoms. The van der Waals surface area contributed by atoms with Crippen LogP contribution in [0.15, 0.2) is 34.2 Å². The molecule has 1 amide bonds. The molecule has 0 saturated heterocycles. The van der Waals surface area contributed by atoms with Crippen molar-refractivity contribution in [1.82, 2.24) is 9.55 Å². The Kier molecular flexibility index (Phi) is 4.31. The van der Waals surface area contributed by atoms with Gasteiger partial charge >= 0.3 is 0 Å². The SMILES string of the molecule is O=C(CC1CSc2nc3c(c(=O)n21)CCCC3)N1CCCc2ccccc21. The predicted octanol–water partition coefficient (Wildman–Crippen LogP) is 3.14. The zero-order chi connectivity index (χ0) is 18.4. The van der Waals surface area contributed by atoms with Gasteiger partial charge in [0, 0.05) is 30.0 Å². The summed E-state index contributed by atoms with van der Waals surface area (Å²) >= 11 is 1.62. The molecule has 0 saturated carbocycles. The summed E-state index contributed by atoms with van der Waals surface area (Å²) in [6.07, 6.45) is 6.30. The summed E-state index contributed by atoms with van der Waals surface area (Å²) in [6, 6.07) is 8.08. The number of amides is 1. The quantitative estimate of drug-likeness (QED) is 0.750. The maximum atomic E-state index is 13.1. The number of hydrogen-bond donors (Lipinski definition) is 0. The summed E-state index contributed by atoms with van der Waals surface area (Å²) in [5.74, 6) is 0.872. The lowest BCUT2D eigenvalue weighted by atomic mass is 9.97. The van der Waals surface area contributed by atoms with Crippen LogP contribution in [0, 0.1) is 0 Å². The van der Waals surface area contributed by atoms with E-state index in [1.54, 1.807) is 11.8 Å². The van der Waals surface area contributed by atoms with E-state index in [2.05, 4.69) is 6.07 Å².